The van der Waals surface area contributed by atoms with Crippen LogP contribution in [0.4, 0.5) is 0 Å². The average molecular weight is 372 g/mol. The van der Waals surface area contributed by atoms with Gasteiger partial charge in [0, 0.05) is 18.4 Å². The van der Waals surface area contributed by atoms with Gasteiger partial charge in [-0.05, 0) is 23.7 Å². The minimum Gasteiger partial charge on any atom is -0.478 e. The maximum atomic E-state index is 12.7. The molecule has 1 aliphatic carbocycles. The molecule has 24 heavy (non-hydrogen) atoms. The molecule has 1 aromatic carbocycles. The Kier molecular flexibility index (Phi) is 5.96. The molecule has 0 amide bonds. The monoisotopic (exact) mass is 371 g/mol. The summed E-state index contributed by atoms with van der Waals surface area (Å²) in [5, 5.41) is 3.80. The molecule has 1 fully saturated rings. The molecule has 0 saturated heterocycles. The quantitative estimate of drug-likeness (QED) is 0.267. The van der Waals surface area contributed by atoms with Crippen molar-refractivity contribution in [1.29, 1.82) is 0 Å². The number of methoxy groups -OCH3 is 1. The highest BCUT2D eigenvalue weighted by molar-refractivity contribution is 6.42. The Labute approximate surface area is 148 Å². The molecule has 1 saturated carbocycles. The van der Waals surface area contributed by atoms with Gasteiger partial charge in [-0.25, -0.2) is 0 Å². The van der Waals surface area contributed by atoms with Gasteiger partial charge in [0.25, 0.3) is 5.90 Å². The number of carbonyl (C=O) groups excluding carboxylic acids is 3. The van der Waals surface area contributed by atoms with Crippen molar-refractivity contribution in [2.45, 2.75) is 19.3 Å². The van der Waals surface area contributed by atoms with Gasteiger partial charge in [0.2, 0.25) is 0 Å². The van der Waals surface area contributed by atoms with Crippen molar-refractivity contribution in [3.05, 3.63) is 33.3 Å². The van der Waals surface area contributed by atoms with Gasteiger partial charge in [-0.15, -0.1) is 0 Å². The molecule has 1 aliphatic rings. The number of nitrogens with zero attached hydrogens (tertiary/aromatic N) is 1. The van der Waals surface area contributed by atoms with Crippen molar-refractivity contribution in [3.63, 3.8) is 0 Å². The summed E-state index contributed by atoms with van der Waals surface area (Å²) in [4.78, 5) is 41.3. The van der Waals surface area contributed by atoms with Crippen molar-refractivity contribution in [1.82, 2.24) is 0 Å². The van der Waals surface area contributed by atoms with E-state index in [1.165, 1.54) is 26.4 Å². The van der Waals surface area contributed by atoms with E-state index >= 15 is 0 Å². The van der Waals surface area contributed by atoms with E-state index in [-0.39, 0.29) is 51.5 Å². The highest BCUT2D eigenvalue weighted by Crippen LogP contribution is 2.32. The van der Waals surface area contributed by atoms with Gasteiger partial charge < -0.3 is 9.57 Å². The van der Waals surface area contributed by atoms with Crippen LogP contribution in [0.5, 0.6) is 0 Å². The number of oxime groups is 1. The van der Waals surface area contributed by atoms with E-state index < -0.39 is 11.7 Å². The Bertz CT molecular complexity index is 713. The molecule has 0 unspecified atom stereocenters. The molecule has 0 aromatic heterocycles. The van der Waals surface area contributed by atoms with Crippen LogP contribution >= 0.6 is 23.2 Å². The number of carbonyl (C=O) groups is 3. The normalized spacial score (nSPS) is 16.2. The third-order valence-corrected chi connectivity index (χ3v) is 4.40. The first-order valence-corrected chi connectivity index (χ1v) is 7.91. The Hall–Kier alpha value is -1.92. The second-order valence-corrected chi connectivity index (χ2v) is 5.94. The van der Waals surface area contributed by atoms with E-state index in [0.29, 0.717) is 6.42 Å². The molecule has 0 heterocycles. The van der Waals surface area contributed by atoms with Crippen LogP contribution in [0.15, 0.2) is 17.3 Å². The minimum absolute atomic E-state index is 0.0190. The topological polar surface area (TPSA) is 82.0 Å². The van der Waals surface area contributed by atoms with Crippen LogP contribution in [-0.4, -0.2) is 37.5 Å². The standard InChI is InChI=1S/C16H15Cl2NO5/c1-23-16(19-24-2)12-9(17)7-6-8(14(12)18)15(22)13-10(20)4-3-5-11(13)21/h6-7,13H,3-5H2,1-2H3. The highest BCUT2D eigenvalue weighted by Gasteiger charge is 2.38. The van der Waals surface area contributed by atoms with Crippen LogP contribution in [-0.2, 0) is 19.2 Å². The lowest BCUT2D eigenvalue weighted by Gasteiger charge is -2.19. The fourth-order valence-electron chi connectivity index (χ4n) is 2.56. The van der Waals surface area contributed by atoms with Gasteiger partial charge in [0.1, 0.15) is 13.0 Å². The van der Waals surface area contributed by atoms with Gasteiger partial charge in [0.05, 0.1) is 22.7 Å². The molecule has 128 valence electrons. The zero-order valence-corrected chi connectivity index (χ0v) is 14.6. The van der Waals surface area contributed by atoms with Crippen molar-refractivity contribution < 1.29 is 24.0 Å². The van der Waals surface area contributed by atoms with Crippen molar-refractivity contribution in [2.24, 2.45) is 11.1 Å². The van der Waals surface area contributed by atoms with Crippen LogP contribution in [0.3, 0.4) is 0 Å². The van der Waals surface area contributed by atoms with Crippen molar-refractivity contribution in [2.75, 3.05) is 14.2 Å². The predicted octanol–water partition coefficient (Wildman–Crippen LogP) is 3.07. The van der Waals surface area contributed by atoms with E-state index in [1.54, 1.807) is 0 Å². The van der Waals surface area contributed by atoms with Crippen molar-refractivity contribution in [3.8, 4) is 0 Å². The first kappa shape index (κ1) is 18.4. The average Bonchev–Trinajstić information content (AvgIpc) is 2.53. The first-order chi connectivity index (χ1) is 11.4. The highest BCUT2D eigenvalue weighted by atomic mass is 35.5. The molecule has 1 aromatic rings. The molecule has 8 heteroatoms. The smallest absolute Gasteiger partial charge is 0.260 e. The van der Waals surface area contributed by atoms with Crippen LogP contribution in [0, 0.1) is 5.92 Å². The SMILES string of the molecule is CON=C(OC)c1c(Cl)ccc(C(=O)C2C(=O)CCCC2=O)c1Cl. The second kappa shape index (κ2) is 7.77. The largest absolute Gasteiger partial charge is 0.478 e. The van der Waals surface area contributed by atoms with Crippen LogP contribution < -0.4 is 0 Å². The number of Topliss-reactive ketones (excluding diaryl/α,β-unsaturated/α-hetero) is 3. The molecule has 0 bridgehead atoms. The van der Waals surface area contributed by atoms with Crippen LogP contribution in [0.1, 0.15) is 35.2 Å². The van der Waals surface area contributed by atoms with Gasteiger partial charge in [-0.3, -0.25) is 14.4 Å². The molecule has 0 N–H and O–H groups in total. The molecular formula is C16H15Cl2NO5. The van der Waals surface area contributed by atoms with Gasteiger partial charge in [-0.1, -0.05) is 23.2 Å². The Morgan fingerprint density at radius 2 is 1.79 bits per heavy atom. The van der Waals surface area contributed by atoms with Crippen LogP contribution in [0.25, 0.3) is 0 Å². The summed E-state index contributed by atoms with van der Waals surface area (Å²) < 4.78 is 5.07. The summed E-state index contributed by atoms with van der Waals surface area (Å²) in [5.74, 6) is -2.75. The molecule has 0 aliphatic heterocycles. The summed E-state index contributed by atoms with van der Waals surface area (Å²) in [6, 6.07) is 2.81. The number of hydrogen-bond acceptors (Lipinski definition) is 6. The number of benzene rings is 1. The molecule has 0 spiro atoms. The third-order valence-electron chi connectivity index (χ3n) is 3.69. The van der Waals surface area contributed by atoms with E-state index in [9.17, 15) is 14.4 Å². The fourth-order valence-corrected chi connectivity index (χ4v) is 3.19. The number of rotatable bonds is 4. The van der Waals surface area contributed by atoms with E-state index in [4.69, 9.17) is 27.9 Å². The fraction of sp³-hybridized carbons (Fsp3) is 0.375. The van der Waals surface area contributed by atoms with Gasteiger partial charge in [-0.2, -0.15) is 0 Å². The Morgan fingerprint density at radius 3 is 2.33 bits per heavy atom. The molecule has 0 atom stereocenters. The van der Waals surface area contributed by atoms with Gasteiger partial charge in [0.15, 0.2) is 17.3 Å². The summed E-state index contributed by atoms with van der Waals surface area (Å²) in [7, 11) is 2.66. The summed E-state index contributed by atoms with van der Waals surface area (Å²) in [6.07, 6.45) is 0.874. The third kappa shape index (κ3) is 3.44. The number of halogens is 2. The predicted molar refractivity (Wildman–Crippen MR) is 88.7 cm³/mol. The maximum absolute atomic E-state index is 12.7. The van der Waals surface area contributed by atoms with Gasteiger partial charge >= 0.3 is 0 Å². The lowest BCUT2D eigenvalue weighted by Crippen LogP contribution is -2.35. The summed E-state index contributed by atoms with van der Waals surface area (Å²) >= 11 is 12.4. The number of ketones is 3. The Morgan fingerprint density at radius 1 is 1.17 bits per heavy atom. The lowest BCUT2D eigenvalue weighted by atomic mass is 9.81. The van der Waals surface area contributed by atoms with E-state index in [1.807, 2.05) is 0 Å². The molecular weight excluding hydrogens is 357 g/mol. The van der Waals surface area contributed by atoms with Crippen molar-refractivity contribution >= 4 is 46.4 Å². The maximum Gasteiger partial charge on any atom is 0.260 e. The van der Waals surface area contributed by atoms with E-state index in [2.05, 4.69) is 9.99 Å². The second-order valence-electron chi connectivity index (χ2n) is 5.15. The molecule has 6 nitrogen and oxygen atoms in total. The molecule has 2 rings (SSSR count). The number of ether oxygens (including phenoxy) is 1. The lowest BCUT2D eigenvalue weighted by molar-refractivity contribution is -0.133. The zero-order valence-electron chi connectivity index (χ0n) is 13.1. The zero-order chi connectivity index (χ0) is 17.9. The summed E-state index contributed by atoms with van der Waals surface area (Å²) in [6.45, 7) is 0. The van der Waals surface area contributed by atoms with Crippen LogP contribution in [0.2, 0.25) is 10.0 Å². The first-order valence-electron chi connectivity index (χ1n) is 7.15. The Balaban J connectivity index is 2.52. The summed E-state index contributed by atoms with van der Waals surface area (Å²) in [5.41, 5.74) is 0.176. The minimum atomic E-state index is -1.31. The number of hydrogen-bond donors (Lipinski definition) is 0. The van der Waals surface area contributed by atoms with E-state index in [0.717, 1.165) is 0 Å². The molecule has 0 radical (unpaired) electrons.